The summed E-state index contributed by atoms with van der Waals surface area (Å²) in [5.74, 6) is 1.97. The first kappa shape index (κ1) is 12.4. The maximum atomic E-state index is 13.0. The highest BCUT2D eigenvalue weighted by Gasteiger charge is 2.67. The van der Waals surface area contributed by atoms with Gasteiger partial charge in [-0.2, -0.15) is 0 Å². The van der Waals surface area contributed by atoms with E-state index >= 15 is 0 Å². The Morgan fingerprint density at radius 2 is 1.59 bits per heavy atom. The van der Waals surface area contributed by atoms with Crippen molar-refractivity contribution in [1.82, 2.24) is 0 Å². The number of hydrogen-bond acceptors (Lipinski definition) is 3. The lowest BCUT2D eigenvalue weighted by Crippen LogP contribution is -2.40. The SMILES string of the molecule is COc1ccccc1N1C(=O)[C@@H]2[C@@H]3C=C[C@H]([C@H]4C[C@H]34)[C@@H]2C1=O. The highest BCUT2D eigenvalue weighted by Crippen LogP contribution is 2.65. The van der Waals surface area contributed by atoms with E-state index in [0.717, 1.165) is 0 Å². The van der Waals surface area contributed by atoms with Crippen molar-refractivity contribution in [1.29, 1.82) is 0 Å². The van der Waals surface area contributed by atoms with Crippen LogP contribution in [0, 0.1) is 35.5 Å². The van der Waals surface area contributed by atoms with Crippen molar-refractivity contribution >= 4 is 17.5 Å². The van der Waals surface area contributed by atoms with Crippen molar-refractivity contribution in [2.75, 3.05) is 12.0 Å². The Hall–Kier alpha value is -2.10. The van der Waals surface area contributed by atoms with E-state index in [9.17, 15) is 9.59 Å². The zero-order chi connectivity index (χ0) is 15.0. The molecule has 2 amide bonds. The van der Waals surface area contributed by atoms with E-state index in [1.165, 1.54) is 11.3 Å². The molecule has 112 valence electrons. The first-order chi connectivity index (χ1) is 10.7. The third-order valence-electron chi connectivity index (χ3n) is 5.99. The molecule has 0 spiro atoms. The van der Waals surface area contributed by atoms with Gasteiger partial charge in [-0.15, -0.1) is 0 Å². The van der Waals surface area contributed by atoms with Crippen LogP contribution in [0.2, 0.25) is 0 Å². The van der Waals surface area contributed by atoms with Crippen LogP contribution in [0.1, 0.15) is 6.42 Å². The maximum absolute atomic E-state index is 13.0. The van der Waals surface area contributed by atoms with E-state index in [1.807, 2.05) is 12.1 Å². The van der Waals surface area contributed by atoms with Gasteiger partial charge in [-0.1, -0.05) is 24.3 Å². The summed E-state index contributed by atoms with van der Waals surface area (Å²) in [5, 5.41) is 0. The molecule has 6 atom stereocenters. The number of benzene rings is 1. The second kappa shape index (κ2) is 4.00. The van der Waals surface area contributed by atoms with Gasteiger partial charge in [0.1, 0.15) is 5.75 Å². The normalized spacial score (nSPS) is 40.7. The number of allylic oxidation sites excluding steroid dienone is 2. The standard InChI is InChI=1S/C18H17NO3/c1-22-14-5-3-2-4-13(14)19-17(20)15-9-6-7-10(12-8-11(9)12)16(15)18(19)21/h2-7,9-12,15-16H,8H2,1H3/t9-,10-,11-,12-,15-,16+/m1/s1. The summed E-state index contributed by atoms with van der Waals surface area (Å²) < 4.78 is 5.35. The minimum atomic E-state index is -0.156. The highest BCUT2D eigenvalue weighted by molar-refractivity contribution is 6.23. The third-order valence-corrected chi connectivity index (χ3v) is 5.99. The average molecular weight is 295 g/mol. The van der Waals surface area contributed by atoms with Gasteiger partial charge in [0.15, 0.2) is 0 Å². The van der Waals surface area contributed by atoms with Crippen LogP contribution >= 0.6 is 0 Å². The van der Waals surface area contributed by atoms with Crippen LogP contribution in [-0.2, 0) is 9.59 Å². The molecule has 1 heterocycles. The molecule has 0 radical (unpaired) electrons. The van der Waals surface area contributed by atoms with Crippen molar-refractivity contribution in [2.45, 2.75) is 6.42 Å². The van der Waals surface area contributed by atoms with Crippen molar-refractivity contribution in [3.05, 3.63) is 36.4 Å². The Bertz CT molecular complexity index is 689. The molecule has 0 N–H and O–H groups in total. The zero-order valence-corrected chi connectivity index (χ0v) is 12.3. The molecule has 2 saturated carbocycles. The van der Waals surface area contributed by atoms with Gasteiger partial charge < -0.3 is 4.74 Å². The summed E-state index contributed by atoms with van der Waals surface area (Å²) in [6, 6.07) is 7.27. The van der Waals surface area contributed by atoms with Crippen molar-refractivity contribution in [2.24, 2.45) is 35.5 Å². The first-order valence-corrected chi connectivity index (χ1v) is 7.91. The maximum Gasteiger partial charge on any atom is 0.238 e. The second-order valence-electron chi connectivity index (χ2n) is 6.84. The summed E-state index contributed by atoms with van der Waals surface area (Å²) in [6.45, 7) is 0. The summed E-state index contributed by atoms with van der Waals surface area (Å²) in [6.07, 6.45) is 5.57. The van der Waals surface area contributed by atoms with Crippen LogP contribution in [0.15, 0.2) is 36.4 Å². The van der Waals surface area contributed by atoms with E-state index in [4.69, 9.17) is 4.74 Å². The monoisotopic (exact) mass is 295 g/mol. The first-order valence-electron chi connectivity index (χ1n) is 7.91. The minimum absolute atomic E-state index is 0.0378. The third kappa shape index (κ3) is 1.33. The molecule has 0 aromatic heterocycles. The molecular weight excluding hydrogens is 278 g/mol. The van der Waals surface area contributed by atoms with E-state index in [1.54, 1.807) is 19.2 Å². The fourth-order valence-corrected chi connectivity index (χ4v) is 5.01. The van der Waals surface area contributed by atoms with E-state index in [2.05, 4.69) is 12.2 Å². The van der Waals surface area contributed by atoms with Gasteiger partial charge in [-0.05, 0) is 42.2 Å². The Morgan fingerprint density at radius 3 is 2.18 bits per heavy atom. The number of carbonyl (C=O) groups is 2. The molecular formula is C18H17NO3. The predicted octanol–water partition coefficient (Wildman–Crippen LogP) is 2.25. The number of ether oxygens (including phenoxy) is 1. The highest BCUT2D eigenvalue weighted by atomic mass is 16.5. The summed E-state index contributed by atoms with van der Waals surface area (Å²) in [4.78, 5) is 27.4. The lowest BCUT2D eigenvalue weighted by molar-refractivity contribution is -0.124. The van der Waals surface area contributed by atoms with Crippen molar-refractivity contribution < 1.29 is 14.3 Å². The fraction of sp³-hybridized carbons (Fsp3) is 0.444. The molecule has 0 unspecified atom stereocenters. The van der Waals surface area contributed by atoms with Gasteiger partial charge in [0, 0.05) is 0 Å². The molecule has 2 bridgehead atoms. The molecule has 4 heteroatoms. The van der Waals surface area contributed by atoms with E-state index in [-0.39, 0.29) is 35.5 Å². The fourth-order valence-electron chi connectivity index (χ4n) is 5.01. The average Bonchev–Trinajstić information content (AvgIpc) is 3.32. The lowest BCUT2D eigenvalue weighted by Gasteiger charge is -2.37. The summed E-state index contributed by atoms with van der Waals surface area (Å²) in [7, 11) is 1.57. The van der Waals surface area contributed by atoms with Crippen LogP contribution in [-0.4, -0.2) is 18.9 Å². The predicted molar refractivity (Wildman–Crippen MR) is 80.2 cm³/mol. The molecule has 3 fully saturated rings. The molecule has 4 aliphatic carbocycles. The van der Waals surface area contributed by atoms with Crippen LogP contribution in [0.4, 0.5) is 5.69 Å². The smallest absolute Gasteiger partial charge is 0.238 e. The number of amides is 2. The molecule has 1 aromatic carbocycles. The van der Waals surface area contributed by atoms with Crippen molar-refractivity contribution in [3.8, 4) is 5.75 Å². The number of methoxy groups -OCH3 is 1. The molecule has 1 aliphatic heterocycles. The summed E-state index contributed by atoms with van der Waals surface area (Å²) >= 11 is 0. The van der Waals surface area contributed by atoms with Crippen LogP contribution in [0.3, 0.4) is 0 Å². The number of carbonyl (C=O) groups excluding carboxylic acids is 2. The van der Waals surface area contributed by atoms with Crippen LogP contribution in [0.5, 0.6) is 5.75 Å². The quantitative estimate of drug-likeness (QED) is 0.621. The van der Waals surface area contributed by atoms with Gasteiger partial charge in [-0.3, -0.25) is 9.59 Å². The summed E-state index contributed by atoms with van der Waals surface area (Å²) in [5.41, 5.74) is 0.586. The van der Waals surface area contributed by atoms with E-state index < -0.39 is 0 Å². The minimum Gasteiger partial charge on any atom is -0.495 e. The molecule has 6 rings (SSSR count). The number of imide groups is 1. The van der Waals surface area contributed by atoms with Crippen LogP contribution < -0.4 is 9.64 Å². The van der Waals surface area contributed by atoms with Crippen molar-refractivity contribution in [3.63, 3.8) is 0 Å². The van der Waals surface area contributed by atoms with Crippen LogP contribution in [0.25, 0.3) is 0 Å². The van der Waals surface area contributed by atoms with Gasteiger partial charge in [0.25, 0.3) is 0 Å². The molecule has 1 saturated heterocycles. The van der Waals surface area contributed by atoms with Gasteiger partial charge in [0.05, 0.1) is 24.6 Å². The Morgan fingerprint density at radius 1 is 1.00 bits per heavy atom. The number of para-hydroxylation sites is 2. The molecule has 4 nitrogen and oxygen atoms in total. The zero-order valence-electron chi connectivity index (χ0n) is 12.3. The van der Waals surface area contributed by atoms with E-state index in [0.29, 0.717) is 23.3 Å². The topological polar surface area (TPSA) is 46.6 Å². The van der Waals surface area contributed by atoms with Gasteiger partial charge >= 0.3 is 0 Å². The van der Waals surface area contributed by atoms with Gasteiger partial charge in [-0.25, -0.2) is 4.90 Å². The molecule has 22 heavy (non-hydrogen) atoms. The largest absolute Gasteiger partial charge is 0.495 e. The Kier molecular flexibility index (Phi) is 2.26. The number of rotatable bonds is 2. The molecule has 1 aromatic rings. The van der Waals surface area contributed by atoms with Gasteiger partial charge in [0.2, 0.25) is 11.8 Å². The lowest BCUT2D eigenvalue weighted by atomic mass is 9.63. The Balaban J connectivity index is 1.60. The number of anilines is 1. The number of nitrogens with zero attached hydrogens (tertiary/aromatic N) is 1. The molecule has 5 aliphatic rings. The number of hydrogen-bond donors (Lipinski definition) is 0. The second-order valence-corrected chi connectivity index (χ2v) is 6.84. The Labute approximate surface area is 128 Å².